The molecule has 16 heavy (non-hydrogen) atoms. The van der Waals surface area contributed by atoms with Crippen molar-refractivity contribution >= 4 is 35.0 Å². The van der Waals surface area contributed by atoms with E-state index >= 15 is 0 Å². The molecule has 0 radical (unpaired) electrons. The first-order valence-electron chi connectivity index (χ1n) is 4.96. The maximum atomic E-state index is 11.5. The second kappa shape index (κ2) is 7.54. The van der Waals surface area contributed by atoms with Crippen LogP contribution in [0.2, 0.25) is 5.02 Å². The minimum absolute atomic E-state index is 0.0345. The van der Waals surface area contributed by atoms with Gasteiger partial charge in [-0.2, -0.15) is 11.8 Å². The monoisotopic (exact) mass is 259 g/mol. The summed E-state index contributed by atoms with van der Waals surface area (Å²) in [7, 11) is 0. The number of hydrogen-bond acceptors (Lipinski definition) is 3. The zero-order chi connectivity index (χ0) is 11.8. The second-order valence-electron chi connectivity index (χ2n) is 3.14. The Labute approximate surface area is 104 Å². The topological polar surface area (TPSA) is 49.3 Å². The Morgan fingerprint density at radius 1 is 1.44 bits per heavy atom. The molecule has 0 heterocycles. The second-order valence-corrected chi connectivity index (χ2v) is 4.81. The Bertz CT molecular complexity index is 347. The average Bonchev–Trinajstić information content (AvgIpc) is 2.24. The minimum Gasteiger partial charge on any atom is -0.396 e. The summed E-state index contributed by atoms with van der Waals surface area (Å²) in [4.78, 5) is 11.5. The van der Waals surface area contributed by atoms with E-state index in [1.54, 1.807) is 36.0 Å². The molecule has 0 atom stereocenters. The van der Waals surface area contributed by atoms with Crippen LogP contribution in [0.1, 0.15) is 6.42 Å². The highest BCUT2D eigenvalue weighted by Crippen LogP contribution is 2.15. The number of halogens is 1. The number of thioether (sulfide) groups is 1. The lowest BCUT2D eigenvalue weighted by Crippen LogP contribution is -2.12. The fraction of sp³-hybridized carbons (Fsp3) is 0.364. The van der Waals surface area contributed by atoms with Gasteiger partial charge in [-0.1, -0.05) is 17.7 Å². The lowest BCUT2D eigenvalue weighted by atomic mass is 10.3. The zero-order valence-electron chi connectivity index (χ0n) is 8.78. The first-order valence-corrected chi connectivity index (χ1v) is 6.49. The molecule has 0 aliphatic rings. The zero-order valence-corrected chi connectivity index (χ0v) is 10.4. The van der Waals surface area contributed by atoms with Crippen molar-refractivity contribution in [3.8, 4) is 0 Å². The predicted molar refractivity (Wildman–Crippen MR) is 69.1 cm³/mol. The highest BCUT2D eigenvalue weighted by Gasteiger charge is 2.02. The van der Waals surface area contributed by atoms with Gasteiger partial charge in [0, 0.05) is 28.6 Å². The van der Waals surface area contributed by atoms with E-state index < -0.39 is 0 Å². The van der Waals surface area contributed by atoms with E-state index in [1.165, 1.54) is 0 Å². The largest absolute Gasteiger partial charge is 0.396 e. The summed E-state index contributed by atoms with van der Waals surface area (Å²) in [5.41, 5.74) is 0.713. The van der Waals surface area contributed by atoms with E-state index in [9.17, 15) is 4.79 Å². The first-order chi connectivity index (χ1) is 7.72. The molecule has 0 fully saturated rings. The van der Waals surface area contributed by atoms with Crippen molar-refractivity contribution in [2.75, 3.05) is 23.4 Å². The fourth-order valence-corrected chi connectivity index (χ4v) is 1.97. The molecule has 0 aliphatic heterocycles. The average molecular weight is 260 g/mol. The van der Waals surface area contributed by atoms with Crippen molar-refractivity contribution in [3.63, 3.8) is 0 Å². The summed E-state index contributed by atoms with van der Waals surface area (Å²) in [6, 6.07) is 7.05. The maximum absolute atomic E-state index is 11.5. The summed E-state index contributed by atoms with van der Waals surface area (Å²) in [6.07, 6.45) is 0.442. The van der Waals surface area contributed by atoms with Crippen LogP contribution in [0.4, 0.5) is 5.69 Å². The van der Waals surface area contributed by atoms with Gasteiger partial charge in [0.15, 0.2) is 0 Å². The normalized spacial score (nSPS) is 10.1. The van der Waals surface area contributed by atoms with E-state index in [-0.39, 0.29) is 12.5 Å². The molecule has 0 unspecified atom stereocenters. The molecule has 5 heteroatoms. The van der Waals surface area contributed by atoms with Gasteiger partial charge in [0.2, 0.25) is 5.91 Å². The van der Waals surface area contributed by atoms with Crippen LogP contribution in [0.15, 0.2) is 24.3 Å². The molecule has 0 aliphatic carbocycles. The van der Waals surface area contributed by atoms with Crippen LogP contribution in [0.25, 0.3) is 0 Å². The van der Waals surface area contributed by atoms with Crippen molar-refractivity contribution in [2.24, 2.45) is 0 Å². The van der Waals surface area contributed by atoms with Crippen molar-refractivity contribution in [1.82, 2.24) is 0 Å². The molecule has 1 aromatic carbocycles. The Balaban J connectivity index is 2.29. The standard InChI is InChI=1S/C11H14ClNO2S/c12-9-2-1-3-10(8-9)13-11(15)4-6-16-7-5-14/h1-3,8,14H,4-7H2,(H,13,15). The van der Waals surface area contributed by atoms with Crippen molar-refractivity contribution in [2.45, 2.75) is 6.42 Å². The van der Waals surface area contributed by atoms with E-state index in [1.807, 2.05) is 0 Å². The quantitative estimate of drug-likeness (QED) is 0.772. The molecule has 0 saturated heterocycles. The van der Waals surface area contributed by atoms with E-state index in [2.05, 4.69) is 5.32 Å². The number of carbonyl (C=O) groups is 1. The number of aliphatic hydroxyl groups is 1. The third kappa shape index (κ3) is 5.39. The van der Waals surface area contributed by atoms with Crippen molar-refractivity contribution in [1.29, 1.82) is 0 Å². The number of aliphatic hydroxyl groups excluding tert-OH is 1. The van der Waals surface area contributed by atoms with Gasteiger partial charge in [0.25, 0.3) is 0 Å². The lowest BCUT2D eigenvalue weighted by molar-refractivity contribution is -0.115. The van der Waals surface area contributed by atoms with Crippen LogP contribution in [-0.4, -0.2) is 29.1 Å². The third-order valence-electron chi connectivity index (χ3n) is 1.82. The lowest BCUT2D eigenvalue weighted by Gasteiger charge is -2.05. The molecule has 1 rings (SSSR count). The molecular formula is C11H14ClNO2S. The van der Waals surface area contributed by atoms with Gasteiger partial charge < -0.3 is 10.4 Å². The summed E-state index contributed by atoms with van der Waals surface area (Å²) in [5, 5.41) is 11.9. The molecule has 2 N–H and O–H groups in total. The molecule has 0 saturated carbocycles. The molecule has 1 amide bonds. The molecular weight excluding hydrogens is 246 g/mol. The van der Waals surface area contributed by atoms with E-state index in [0.717, 1.165) is 0 Å². The van der Waals surface area contributed by atoms with Gasteiger partial charge in [0.05, 0.1) is 6.61 Å². The number of amides is 1. The van der Waals surface area contributed by atoms with Gasteiger partial charge in [-0.25, -0.2) is 0 Å². The van der Waals surface area contributed by atoms with Crippen molar-refractivity contribution < 1.29 is 9.90 Å². The van der Waals surface area contributed by atoms with Gasteiger partial charge in [-0.3, -0.25) is 4.79 Å². The third-order valence-corrected chi connectivity index (χ3v) is 3.02. The van der Waals surface area contributed by atoms with Crippen LogP contribution < -0.4 is 5.32 Å². The van der Waals surface area contributed by atoms with Crippen LogP contribution in [0, 0.1) is 0 Å². The van der Waals surface area contributed by atoms with Crippen LogP contribution in [0.5, 0.6) is 0 Å². The van der Waals surface area contributed by atoms with Gasteiger partial charge >= 0.3 is 0 Å². The molecule has 0 spiro atoms. The molecule has 1 aromatic rings. The van der Waals surface area contributed by atoms with E-state index in [4.69, 9.17) is 16.7 Å². The minimum atomic E-state index is -0.0345. The number of nitrogens with one attached hydrogen (secondary N) is 1. The van der Waals surface area contributed by atoms with Gasteiger partial charge in [-0.15, -0.1) is 0 Å². The van der Waals surface area contributed by atoms with Crippen LogP contribution in [0.3, 0.4) is 0 Å². The van der Waals surface area contributed by atoms with E-state index in [0.29, 0.717) is 28.6 Å². The number of carbonyl (C=O) groups excluding carboxylic acids is 1. The number of hydrogen-bond donors (Lipinski definition) is 2. The Hall–Kier alpha value is -0.710. The maximum Gasteiger partial charge on any atom is 0.225 e. The van der Waals surface area contributed by atoms with Gasteiger partial charge in [-0.05, 0) is 18.2 Å². The Kier molecular flexibility index (Phi) is 6.30. The summed E-state index contributed by atoms with van der Waals surface area (Å²) < 4.78 is 0. The number of anilines is 1. The predicted octanol–water partition coefficient (Wildman–Crippen LogP) is 2.39. The molecule has 0 bridgehead atoms. The highest BCUT2D eigenvalue weighted by atomic mass is 35.5. The summed E-state index contributed by atoms with van der Waals surface area (Å²) in [6.45, 7) is 0.153. The molecule has 0 aromatic heterocycles. The molecule has 3 nitrogen and oxygen atoms in total. The SMILES string of the molecule is O=C(CCSCCO)Nc1cccc(Cl)c1. The van der Waals surface area contributed by atoms with Gasteiger partial charge in [0.1, 0.15) is 0 Å². The van der Waals surface area contributed by atoms with Crippen molar-refractivity contribution in [3.05, 3.63) is 29.3 Å². The Morgan fingerprint density at radius 2 is 2.25 bits per heavy atom. The summed E-state index contributed by atoms with van der Waals surface area (Å²) >= 11 is 7.35. The Morgan fingerprint density at radius 3 is 2.94 bits per heavy atom. The fourth-order valence-electron chi connectivity index (χ4n) is 1.12. The highest BCUT2D eigenvalue weighted by molar-refractivity contribution is 7.99. The molecule has 88 valence electrons. The van der Waals surface area contributed by atoms with Crippen LogP contribution in [-0.2, 0) is 4.79 Å². The number of rotatable bonds is 6. The van der Waals surface area contributed by atoms with Crippen LogP contribution >= 0.6 is 23.4 Å². The first kappa shape index (κ1) is 13.4. The smallest absolute Gasteiger partial charge is 0.225 e. The summed E-state index contributed by atoms with van der Waals surface area (Å²) in [5.74, 6) is 1.35. The number of benzene rings is 1.